The molecule has 2 aromatic rings. The van der Waals surface area contributed by atoms with Crippen LogP contribution >= 0.6 is 0 Å². The van der Waals surface area contributed by atoms with Crippen molar-refractivity contribution in [2.24, 2.45) is 17.8 Å². The highest BCUT2D eigenvalue weighted by Gasteiger charge is 2.41. The molecule has 4 rings (SSSR count). The van der Waals surface area contributed by atoms with Crippen molar-refractivity contribution >= 4 is 23.6 Å². The first-order chi connectivity index (χ1) is 24.9. The number of aliphatic hydroxyl groups excluding tert-OH is 1. The molecule has 0 spiro atoms. The van der Waals surface area contributed by atoms with E-state index < -0.39 is 42.1 Å². The summed E-state index contributed by atoms with van der Waals surface area (Å²) in [6, 6.07) is 11.8. The number of aliphatic hydroxyl groups is 1. The molecule has 1 heterocycles. The first kappa shape index (κ1) is 40.6. The third-order valence-corrected chi connectivity index (χ3v) is 10.1. The lowest BCUT2D eigenvalue weighted by atomic mass is 9.83. The van der Waals surface area contributed by atoms with Crippen LogP contribution < -0.4 is 25.4 Å². The fourth-order valence-electron chi connectivity index (χ4n) is 7.47. The molecule has 1 fully saturated rings. The van der Waals surface area contributed by atoms with Gasteiger partial charge >= 0.3 is 0 Å². The van der Waals surface area contributed by atoms with E-state index >= 15 is 0 Å². The zero-order valence-electron chi connectivity index (χ0n) is 31.9. The maximum absolute atomic E-state index is 14.5. The minimum Gasteiger partial charge on any atom is -0.493 e. The Morgan fingerprint density at radius 2 is 1.63 bits per heavy atom. The van der Waals surface area contributed by atoms with Crippen LogP contribution in [0.25, 0.3) is 0 Å². The van der Waals surface area contributed by atoms with Crippen LogP contribution in [0.2, 0.25) is 0 Å². The number of nitrogens with zero attached hydrogens (tertiary/aromatic N) is 1. The number of para-hydroxylation sites is 1. The average Bonchev–Trinajstić information content (AvgIpc) is 3.54. The quantitative estimate of drug-likeness (QED) is 0.168. The van der Waals surface area contributed by atoms with Gasteiger partial charge in [0.15, 0.2) is 11.5 Å². The smallest absolute Gasteiger partial charge is 0.243 e. The van der Waals surface area contributed by atoms with Gasteiger partial charge < -0.3 is 35.4 Å². The van der Waals surface area contributed by atoms with Gasteiger partial charge in [0.25, 0.3) is 0 Å². The van der Waals surface area contributed by atoms with Crippen molar-refractivity contribution in [3.63, 3.8) is 0 Å². The number of hydrogen-bond acceptors (Lipinski definition) is 7. The van der Waals surface area contributed by atoms with E-state index in [1.165, 1.54) is 13.3 Å². The molecule has 2 aromatic carbocycles. The SMILES string of the molecule is COc1cccc2c1OCC2N(C(C)=O)[C@@H](Cc1ccccc1)C(=O)N[C@@H](CC(C)C)C(=O)NC(CC1CCCCC1)C(O)CC(=O)NCC(C)C. The van der Waals surface area contributed by atoms with Gasteiger partial charge in [-0.25, -0.2) is 0 Å². The Bertz CT molecular complexity index is 1480. The van der Waals surface area contributed by atoms with E-state index in [0.29, 0.717) is 36.8 Å². The zero-order valence-corrected chi connectivity index (χ0v) is 31.9. The predicted octanol–water partition coefficient (Wildman–Crippen LogP) is 5.10. The highest BCUT2D eigenvalue weighted by molar-refractivity contribution is 5.92. The second kappa shape index (κ2) is 19.6. The molecular weight excluding hydrogens is 660 g/mol. The van der Waals surface area contributed by atoms with Crippen molar-refractivity contribution in [2.75, 3.05) is 20.3 Å². The number of rotatable bonds is 18. The van der Waals surface area contributed by atoms with Gasteiger partial charge in [0.05, 0.1) is 31.7 Å². The summed E-state index contributed by atoms with van der Waals surface area (Å²) in [4.78, 5) is 56.6. The van der Waals surface area contributed by atoms with Crippen molar-refractivity contribution in [3.8, 4) is 11.5 Å². The predicted molar refractivity (Wildman–Crippen MR) is 201 cm³/mol. The largest absolute Gasteiger partial charge is 0.493 e. The normalized spacial score (nSPS) is 18.1. The van der Waals surface area contributed by atoms with Crippen LogP contribution in [0.1, 0.15) is 103 Å². The van der Waals surface area contributed by atoms with Gasteiger partial charge in [-0.15, -0.1) is 0 Å². The molecule has 52 heavy (non-hydrogen) atoms. The van der Waals surface area contributed by atoms with Crippen molar-refractivity contribution in [2.45, 2.75) is 123 Å². The molecule has 4 N–H and O–H groups in total. The fourth-order valence-corrected chi connectivity index (χ4v) is 7.47. The van der Waals surface area contributed by atoms with Gasteiger partial charge in [-0.2, -0.15) is 0 Å². The zero-order chi connectivity index (χ0) is 37.8. The Morgan fingerprint density at radius 3 is 2.27 bits per heavy atom. The van der Waals surface area contributed by atoms with Crippen LogP contribution in [0.15, 0.2) is 48.5 Å². The monoisotopic (exact) mass is 720 g/mol. The van der Waals surface area contributed by atoms with Crippen LogP contribution in [0.5, 0.6) is 11.5 Å². The van der Waals surface area contributed by atoms with Gasteiger partial charge in [0.1, 0.15) is 18.7 Å². The first-order valence-corrected chi connectivity index (χ1v) is 19.1. The van der Waals surface area contributed by atoms with Crippen molar-refractivity contribution in [1.29, 1.82) is 0 Å². The summed E-state index contributed by atoms with van der Waals surface area (Å²) in [6.45, 7) is 10.0. The number of methoxy groups -OCH3 is 1. The lowest BCUT2D eigenvalue weighted by Crippen LogP contribution is -2.58. The Morgan fingerprint density at radius 1 is 0.923 bits per heavy atom. The third kappa shape index (κ3) is 11.4. The lowest BCUT2D eigenvalue weighted by molar-refractivity contribution is -0.143. The van der Waals surface area contributed by atoms with Gasteiger partial charge in [0, 0.05) is 25.5 Å². The summed E-state index contributed by atoms with van der Waals surface area (Å²) in [5, 5.41) is 20.3. The van der Waals surface area contributed by atoms with Crippen molar-refractivity contribution in [1.82, 2.24) is 20.9 Å². The molecule has 1 saturated carbocycles. The lowest BCUT2D eigenvalue weighted by Gasteiger charge is -2.36. The van der Waals surface area contributed by atoms with Gasteiger partial charge in [-0.3, -0.25) is 19.2 Å². The number of ether oxygens (including phenoxy) is 2. The van der Waals surface area contributed by atoms with Crippen LogP contribution in [-0.4, -0.2) is 78.1 Å². The first-order valence-electron chi connectivity index (χ1n) is 19.1. The molecule has 11 nitrogen and oxygen atoms in total. The Balaban J connectivity index is 1.61. The molecule has 3 unspecified atom stereocenters. The van der Waals surface area contributed by atoms with Crippen LogP contribution in [-0.2, 0) is 25.6 Å². The van der Waals surface area contributed by atoms with E-state index in [1.54, 1.807) is 18.1 Å². The highest BCUT2D eigenvalue weighted by Crippen LogP contribution is 2.43. The maximum atomic E-state index is 14.5. The molecule has 5 atom stereocenters. The number of fused-ring (bicyclic) bond motifs is 1. The Labute approximate surface area is 309 Å². The maximum Gasteiger partial charge on any atom is 0.243 e. The summed E-state index contributed by atoms with van der Waals surface area (Å²) in [5.74, 6) is 0.253. The molecule has 0 bridgehead atoms. The molecule has 286 valence electrons. The third-order valence-electron chi connectivity index (χ3n) is 10.1. The number of carbonyl (C=O) groups is 4. The number of benzene rings is 2. The molecule has 1 aliphatic carbocycles. The molecule has 0 aromatic heterocycles. The summed E-state index contributed by atoms with van der Waals surface area (Å²) in [7, 11) is 1.56. The summed E-state index contributed by atoms with van der Waals surface area (Å²) < 4.78 is 11.5. The summed E-state index contributed by atoms with van der Waals surface area (Å²) in [6.07, 6.45) is 5.26. The van der Waals surface area contributed by atoms with E-state index in [1.807, 2.05) is 70.2 Å². The second-order valence-corrected chi connectivity index (χ2v) is 15.4. The van der Waals surface area contributed by atoms with E-state index in [9.17, 15) is 24.3 Å². The van der Waals surface area contributed by atoms with Crippen LogP contribution in [0.4, 0.5) is 0 Å². The summed E-state index contributed by atoms with van der Waals surface area (Å²) >= 11 is 0. The Hall–Kier alpha value is -4.12. The molecule has 11 heteroatoms. The van der Waals surface area contributed by atoms with Gasteiger partial charge in [-0.1, -0.05) is 102 Å². The van der Waals surface area contributed by atoms with Gasteiger partial charge in [-0.05, 0) is 42.2 Å². The van der Waals surface area contributed by atoms with E-state index in [0.717, 1.165) is 36.8 Å². The molecule has 2 aliphatic rings. The standard InChI is InChI=1S/C41H60N4O7/c1-26(2)20-33(40(49)43-32(21-29-14-9-7-10-15-29)36(47)23-38(48)42-24-27(3)4)44-41(50)34(22-30-16-11-8-12-17-30)45(28(5)46)35-25-52-39-31(35)18-13-19-37(39)51-6/h8,11-13,16-19,26-27,29,32-36,47H,7,9-10,14-15,20-25H2,1-6H3,(H,42,48)(H,43,49)(H,44,50)/t32?,33-,34-,35?,36?/m0/s1. The average molecular weight is 721 g/mol. The second-order valence-electron chi connectivity index (χ2n) is 15.4. The fraction of sp³-hybridized carbons (Fsp3) is 0.610. The van der Waals surface area contributed by atoms with E-state index in [4.69, 9.17) is 9.47 Å². The van der Waals surface area contributed by atoms with Crippen molar-refractivity contribution < 1.29 is 33.8 Å². The van der Waals surface area contributed by atoms with Gasteiger partial charge in [0.2, 0.25) is 23.6 Å². The number of hydrogen-bond donors (Lipinski definition) is 4. The van der Waals surface area contributed by atoms with Crippen molar-refractivity contribution in [3.05, 3.63) is 59.7 Å². The molecule has 4 amide bonds. The van der Waals surface area contributed by atoms with E-state index in [2.05, 4.69) is 16.0 Å². The van der Waals surface area contributed by atoms with E-state index in [-0.39, 0.29) is 43.1 Å². The minimum absolute atomic E-state index is 0.0404. The summed E-state index contributed by atoms with van der Waals surface area (Å²) in [5.41, 5.74) is 1.60. The number of carbonyl (C=O) groups excluding carboxylic acids is 4. The van der Waals surface area contributed by atoms with Crippen LogP contribution in [0.3, 0.4) is 0 Å². The topological polar surface area (TPSA) is 146 Å². The number of amides is 4. The highest BCUT2D eigenvalue weighted by atomic mass is 16.5. The number of nitrogens with one attached hydrogen (secondary N) is 3. The Kier molecular flexibility index (Phi) is 15.4. The molecule has 1 aliphatic heterocycles. The molecule has 0 saturated heterocycles. The van der Waals surface area contributed by atoms with Crippen LogP contribution in [0, 0.1) is 17.8 Å². The minimum atomic E-state index is -1.09. The molecule has 0 radical (unpaired) electrons. The molecular formula is C41H60N4O7.